The van der Waals surface area contributed by atoms with Gasteiger partial charge in [-0.2, -0.15) is 0 Å². The van der Waals surface area contributed by atoms with Crippen molar-refractivity contribution in [3.63, 3.8) is 0 Å². The van der Waals surface area contributed by atoms with Crippen LogP contribution in [0.4, 0.5) is 0 Å². The maximum atomic E-state index is 5.56. The van der Waals surface area contributed by atoms with Gasteiger partial charge in [-0.3, -0.25) is 0 Å². The molecule has 0 aliphatic rings. The fourth-order valence-electron chi connectivity index (χ4n) is 2.79. The third-order valence-electron chi connectivity index (χ3n) is 3.90. The summed E-state index contributed by atoms with van der Waals surface area (Å²) in [5.41, 5.74) is 2.77. The molecule has 2 nitrogen and oxygen atoms in total. The Bertz CT molecular complexity index is 472. The average molecular weight is 297 g/mol. The molecule has 1 N–H and O–H groups in total. The number of hydrogen-bond donors (Lipinski definition) is 1. The predicted molar refractivity (Wildman–Crippen MR) is 93.3 cm³/mol. The van der Waals surface area contributed by atoms with Crippen LogP contribution in [0.3, 0.4) is 0 Å². The van der Waals surface area contributed by atoms with E-state index in [1.54, 1.807) is 0 Å². The van der Waals surface area contributed by atoms with Crippen molar-refractivity contribution >= 4 is 0 Å². The van der Waals surface area contributed by atoms with Gasteiger partial charge in [0.2, 0.25) is 0 Å². The highest BCUT2D eigenvalue weighted by molar-refractivity contribution is 5.32. The molecule has 118 valence electrons. The first-order valence-corrected chi connectivity index (χ1v) is 8.23. The molecule has 0 bridgehead atoms. The second-order valence-electron chi connectivity index (χ2n) is 5.63. The number of benzene rings is 2. The van der Waals surface area contributed by atoms with Gasteiger partial charge >= 0.3 is 0 Å². The molecule has 2 aromatic carbocycles. The third kappa shape index (κ3) is 5.28. The molecule has 2 aromatic rings. The van der Waals surface area contributed by atoms with E-state index in [0.29, 0.717) is 5.92 Å². The number of rotatable bonds is 9. The molecule has 0 saturated heterocycles. The van der Waals surface area contributed by atoms with Crippen LogP contribution in [0.5, 0.6) is 0 Å². The Balaban J connectivity index is 1.95. The molecule has 1 atom stereocenters. The molecule has 0 saturated carbocycles. The zero-order chi connectivity index (χ0) is 15.6. The molecule has 0 aromatic heterocycles. The van der Waals surface area contributed by atoms with Crippen LogP contribution in [0.15, 0.2) is 60.7 Å². The Morgan fingerprint density at radius 3 is 1.95 bits per heavy atom. The minimum Gasteiger partial charge on any atom is -0.377 e. The molecule has 0 radical (unpaired) electrons. The lowest BCUT2D eigenvalue weighted by Gasteiger charge is -2.19. The SMILES string of the molecule is CCOC(C)CNCCC(c1ccccc1)c1ccccc1. The zero-order valence-corrected chi connectivity index (χ0v) is 13.7. The zero-order valence-electron chi connectivity index (χ0n) is 13.7. The van der Waals surface area contributed by atoms with E-state index in [1.807, 2.05) is 6.92 Å². The molecule has 2 rings (SSSR count). The van der Waals surface area contributed by atoms with Gasteiger partial charge in [-0.15, -0.1) is 0 Å². The highest BCUT2D eigenvalue weighted by Gasteiger charge is 2.13. The fourth-order valence-corrected chi connectivity index (χ4v) is 2.79. The van der Waals surface area contributed by atoms with Gasteiger partial charge in [-0.1, -0.05) is 60.7 Å². The van der Waals surface area contributed by atoms with Crippen molar-refractivity contribution in [1.29, 1.82) is 0 Å². The lowest BCUT2D eigenvalue weighted by atomic mass is 9.88. The van der Waals surface area contributed by atoms with Crippen molar-refractivity contribution in [2.75, 3.05) is 19.7 Å². The van der Waals surface area contributed by atoms with Crippen LogP contribution in [0.2, 0.25) is 0 Å². The molecule has 1 unspecified atom stereocenters. The molecule has 0 fully saturated rings. The van der Waals surface area contributed by atoms with Crippen LogP contribution < -0.4 is 5.32 Å². The van der Waals surface area contributed by atoms with E-state index in [1.165, 1.54) is 11.1 Å². The van der Waals surface area contributed by atoms with Crippen molar-refractivity contribution in [2.45, 2.75) is 32.3 Å². The van der Waals surface area contributed by atoms with E-state index >= 15 is 0 Å². The van der Waals surface area contributed by atoms with Gasteiger partial charge < -0.3 is 10.1 Å². The van der Waals surface area contributed by atoms with E-state index < -0.39 is 0 Å². The Morgan fingerprint density at radius 1 is 0.909 bits per heavy atom. The molecule has 0 spiro atoms. The Morgan fingerprint density at radius 2 is 1.45 bits per heavy atom. The van der Waals surface area contributed by atoms with Gasteiger partial charge in [0.1, 0.15) is 0 Å². The average Bonchev–Trinajstić information content (AvgIpc) is 2.57. The highest BCUT2D eigenvalue weighted by Crippen LogP contribution is 2.27. The van der Waals surface area contributed by atoms with E-state index in [2.05, 4.69) is 72.9 Å². The lowest BCUT2D eigenvalue weighted by molar-refractivity contribution is 0.0762. The maximum Gasteiger partial charge on any atom is 0.0671 e. The van der Waals surface area contributed by atoms with Crippen molar-refractivity contribution in [2.24, 2.45) is 0 Å². The molecule has 0 amide bonds. The van der Waals surface area contributed by atoms with Crippen LogP contribution in [0.1, 0.15) is 37.3 Å². The molecule has 0 aliphatic heterocycles. The summed E-state index contributed by atoms with van der Waals surface area (Å²) >= 11 is 0. The molecular formula is C20H27NO. The summed E-state index contributed by atoms with van der Waals surface area (Å²) in [6.07, 6.45) is 1.37. The van der Waals surface area contributed by atoms with E-state index in [4.69, 9.17) is 4.74 Å². The molecule has 0 heterocycles. The second-order valence-corrected chi connectivity index (χ2v) is 5.63. The number of nitrogens with one attached hydrogen (secondary N) is 1. The van der Waals surface area contributed by atoms with Gasteiger partial charge in [-0.25, -0.2) is 0 Å². The Kier molecular flexibility index (Phi) is 7.14. The van der Waals surface area contributed by atoms with Crippen LogP contribution >= 0.6 is 0 Å². The Labute approximate surface area is 134 Å². The maximum absolute atomic E-state index is 5.56. The summed E-state index contributed by atoms with van der Waals surface area (Å²) < 4.78 is 5.56. The van der Waals surface area contributed by atoms with Gasteiger partial charge in [0, 0.05) is 19.1 Å². The van der Waals surface area contributed by atoms with E-state index in [9.17, 15) is 0 Å². The summed E-state index contributed by atoms with van der Waals surface area (Å²) in [6.45, 7) is 6.83. The van der Waals surface area contributed by atoms with Crippen molar-refractivity contribution < 1.29 is 4.74 Å². The minimum atomic E-state index is 0.275. The van der Waals surface area contributed by atoms with Crippen molar-refractivity contribution in [3.8, 4) is 0 Å². The number of ether oxygens (including phenoxy) is 1. The van der Waals surface area contributed by atoms with Crippen LogP contribution in [0.25, 0.3) is 0 Å². The van der Waals surface area contributed by atoms with Gasteiger partial charge in [-0.05, 0) is 37.9 Å². The van der Waals surface area contributed by atoms with Gasteiger partial charge in [0.05, 0.1) is 6.10 Å². The summed E-state index contributed by atoms with van der Waals surface area (Å²) in [7, 11) is 0. The quantitative estimate of drug-likeness (QED) is 0.700. The fraction of sp³-hybridized carbons (Fsp3) is 0.400. The molecule has 22 heavy (non-hydrogen) atoms. The van der Waals surface area contributed by atoms with Crippen LogP contribution in [0, 0.1) is 0 Å². The topological polar surface area (TPSA) is 21.3 Å². The highest BCUT2D eigenvalue weighted by atomic mass is 16.5. The molecular weight excluding hydrogens is 270 g/mol. The largest absolute Gasteiger partial charge is 0.377 e. The summed E-state index contributed by atoms with van der Waals surface area (Å²) in [5.74, 6) is 0.442. The van der Waals surface area contributed by atoms with Crippen LogP contribution in [-0.2, 0) is 4.74 Å². The monoisotopic (exact) mass is 297 g/mol. The van der Waals surface area contributed by atoms with Gasteiger partial charge in [0.15, 0.2) is 0 Å². The second kappa shape index (κ2) is 9.39. The Hall–Kier alpha value is -1.64. The first-order valence-electron chi connectivity index (χ1n) is 8.23. The number of hydrogen-bond acceptors (Lipinski definition) is 2. The van der Waals surface area contributed by atoms with Crippen LogP contribution in [-0.4, -0.2) is 25.8 Å². The molecule has 0 aliphatic carbocycles. The normalized spacial score (nSPS) is 12.5. The van der Waals surface area contributed by atoms with E-state index in [0.717, 1.165) is 26.1 Å². The third-order valence-corrected chi connectivity index (χ3v) is 3.90. The smallest absolute Gasteiger partial charge is 0.0671 e. The summed E-state index contributed by atoms with van der Waals surface area (Å²) in [4.78, 5) is 0. The van der Waals surface area contributed by atoms with Crippen molar-refractivity contribution in [3.05, 3.63) is 71.8 Å². The lowest BCUT2D eigenvalue weighted by Crippen LogP contribution is -2.28. The predicted octanol–water partition coefficient (Wildman–Crippen LogP) is 4.22. The minimum absolute atomic E-state index is 0.275. The summed E-state index contributed by atoms with van der Waals surface area (Å²) in [6, 6.07) is 21.5. The van der Waals surface area contributed by atoms with E-state index in [-0.39, 0.29) is 6.10 Å². The summed E-state index contributed by atoms with van der Waals surface area (Å²) in [5, 5.41) is 3.51. The first-order chi connectivity index (χ1) is 10.8. The first kappa shape index (κ1) is 16.7. The van der Waals surface area contributed by atoms with Crippen molar-refractivity contribution in [1.82, 2.24) is 5.32 Å². The molecule has 2 heteroatoms. The van der Waals surface area contributed by atoms with Gasteiger partial charge in [0.25, 0.3) is 0 Å². The standard InChI is InChI=1S/C20H27NO/c1-3-22-17(2)16-21-15-14-20(18-10-6-4-7-11-18)19-12-8-5-9-13-19/h4-13,17,20-21H,3,14-16H2,1-2H3.